The van der Waals surface area contributed by atoms with E-state index in [0.717, 1.165) is 44.3 Å². The maximum absolute atomic E-state index is 13.8. The van der Waals surface area contributed by atoms with E-state index in [1.54, 1.807) is 6.92 Å². The Bertz CT molecular complexity index is 1010. The van der Waals surface area contributed by atoms with E-state index < -0.39 is 6.43 Å². The predicted octanol–water partition coefficient (Wildman–Crippen LogP) is 4.75. The SMILES string of the molecule is Cc1nn(CC(=O)N2CCCCCC2)c2nc(-c3ccccc3)cc(C(F)F)c12. The first-order valence-corrected chi connectivity index (χ1v) is 10.0. The van der Waals surface area contributed by atoms with Crippen molar-refractivity contribution in [2.45, 2.75) is 45.6 Å². The predicted molar refractivity (Wildman–Crippen MR) is 108 cm³/mol. The van der Waals surface area contributed by atoms with E-state index in [2.05, 4.69) is 10.1 Å². The van der Waals surface area contributed by atoms with Crippen molar-refractivity contribution in [1.82, 2.24) is 19.7 Å². The van der Waals surface area contributed by atoms with E-state index in [9.17, 15) is 13.6 Å². The summed E-state index contributed by atoms with van der Waals surface area (Å²) in [5.41, 5.74) is 1.91. The van der Waals surface area contributed by atoms with Crippen LogP contribution >= 0.6 is 0 Å². The highest BCUT2D eigenvalue weighted by atomic mass is 19.3. The van der Waals surface area contributed by atoms with Crippen LogP contribution in [0.15, 0.2) is 36.4 Å². The Hall–Kier alpha value is -2.83. The third-order valence-electron chi connectivity index (χ3n) is 5.46. The number of carbonyl (C=O) groups excluding carboxylic acids is 1. The zero-order valence-corrected chi connectivity index (χ0v) is 16.4. The largest absolute Gasteiger partial charge is 0.341 e. The summed E-state index contributed by atoms with van der Waals surface area (Å²) in [5.74, 6) is -0.0400. The molecule has 29 heavy (non-hydrogen) atoms. The standard InChI is InChI=1S/C22H24F2N4O/c1-15-20-17(21(23)24)13-18(16-9-5-4-6-10-16)25-22(20)28(26-15)14-19(29)27-11-7-2-3-8-12-27/h4-6,9-10,13,21H,2-3,7-8,11-12,14H2,1H3. The van der Waals surface area contributed by atoms with Crippen LogP contribution in [0, 0.1) is 6.92 Å². The zero-order chi connectivity index (χ0) is 20.4. The van der Waals surface area contributed by atoms with Crippen molar-refractivity contribution in [3.05, 3.63) is 47.7 Å². The number of rotatable bonds is 4. The lowest BCUT2D eigenvalue weighted by Crippen LogP contribution is -2.34. The van der Waals surface area contributed by atoms with E-state index >= 15 is 0 Å². The summed E-state index contributed by atoms with van der Waals surface area (Å²) in [4.78, 5) is 19.3. The van der Waals surface area contributed by atoms with Crippen LogP contribution < -0.4 is 0 Å². The summed E-state index contributed by atoms with van der Waals surface area (Å²) < 4.78 is 29.2. The normalized spacial score (nSPS) is 15.1. The number of halogens is 2. The number of alkyl halides is 2. The summed E-state index contributed by atoms with van der Waals surface area (Å²) >= 11 is 0. The van der Waals surface area contributed by atoms with Gasteiger partial charge in [-0.3, -0.25) is 4.79 Å². The molecule has 1 aliphatic rings. The molecule has 0 aliphatic carbocycles. The van der Waals surface area contributed by atoms with Gasteiger partial charge in [-0.2, -0.15) is 5.10 Å². The minimum Gasteiger partial charge on any atom is -0.341 e. The third kappa shape index (κ3) is 3.99. The van der Waals surface area contributed by atoms with Gasteiger partial charge in [-0.15, -0.1) is 0 Å². The fourth-order valence-corrected chi connectivity index (χ4v) is 3.97. The second-order valence-electron chi connectivity index (χ2n) is 7.50. The highest BCUT2D eigenvalue weighted by Crippen LogP contribution is 2.33. The number of nitrogens with zero attached hydrogens (tertiary/aromatic N) is 4. The monoisotopic (exact) mass is 398 g/mol. The van der Waals surface area contributed by atoms with Crippen molar-refractivity contribution >= 4 is 16.9 Å². The van der Waals surface area contributed by atoms with Crippen LogP contribution in [-0.2, 0) is 11.3 Å². The molecule has 7 heteroatoms. The van der Waals surface area contributed by atoms with Crippen molar-refractivity contribution in [3.63, 3.8) is 0 Å². The van der Waals surface area contributed by atoms with E-state index in [4.69, 9.17) is 0 Å². The number of aromatic nitrogens is 3. The molecule has 5 nitrogen and oxygen atoms in total. The molecule has 2 aromatic heterocycles. The molecule has 1 saturated heterocycles. The van der Waals surface area contributed by atoms with Gasteiger partial charge in [0.15, 0.2) is 5.65 Å². The molecular weight excluding hydrogens is 374 g/mol. The van der Waals surface area contributed by atoms with Gasteiger partial charge in [0.25, 0.3) is 6.43 Å². The molecule has 0 saturated carbocycles. The van der Waals surface area contributed by atoms with Gasteiger partial charge in [0.05, 0.1) is 16.8 Å². The molecule has 1 amide bonds. The highest BCUT2D eigenvalue weighted by Gasteiger charge is 2.23. The molecule has 0 unspecified atom stereocenters. The number of hydrogen-bond acceptors (Lipinski definition) is 3. The molecular formula is C22H24F2N4O. The molecule has 152 valence electrons. The van der Waals surface area contributed by atoms with Crippen molar-refractivity contribution < 1.29 is 13.6 Å². The zero-order valence-electron chi connectivity index (χ0n) is 16.4. The second kappa shape index (κ2) is 8.27. The third-order valence-corrected chi connectivity index (χ3v) is 5.46. The molecule has 3 heterocycles. The molecule has 3 aromatic rings. The molecule has 0 spiro atoms. The van der Waals surface area contributed by atoms with E-state index in [0.29, 0.717) is 22.4 Å². The van der Waals surface area contributed by atoms with E-state index in [1.165, 1.54) is 10.7 Å². The topological polar surface area (TPSA) is 51.0 Å². The van der Waals surface area contributed by atoms with Gasteiger partial charge in [-0.05, 0) is 25.8 Å². The van der Waals surface area contributed by atoms with Crippen LogP contribution in [0.1, 0.15) is 43.4 Å². The lowest BCUT2D eigenvalue weighted by Gasteiger charge is -2.20. The Kier molecular flexibility index (Phi) is 5.56. The van der Waals surface area contributed by atoms with E-state index in [1.807, 2.05) is 35.2 Å². The summed E-state index contributed by atoms with van der Waals surface area (Å²) in [5, 5.41) is 4.74. The Labute approximate surface area is 168 Å². The first kappa shape index (κ1) is 19.5. The Morgan fingerprint density at radius 1 is 1.10 bits per heavy atom. The van der Waals surface area contributed by atoms with Gasteiger partial charge in [0.2, 0.25) is 5.91 Å². The maximum atomic E-state index is 13.8. The Morgan fingerprint density at radius 3 is 2.45 bits per heavy atom. The summed E-state index contributed by atoms with van der Waals surface area (Å²) in [6.45, 7) is 3.17. The van der Waals surface area contributed by atoms with Crippen LogP contribution in [0.5, 0.6) is 0 Å². The van der Waals surface area contributed by atoms with Crippen LogP contribution in [0.2, 0.25) is 0 Å². The van der Waals surface area contributed by atoms with Gasteiger partial charge in [0, 0.05) is 24.2 Å². The number of carbonyl (C=O) groups is 1. The van der Waals surface area contributed by atoms with Gasteiger partial charge in [-0.25, -0.2) is 18.4 Å². The van der Waals surface area contributed by atoms with E-state index in [-0.39, 0.29) is 18.0 Å². The first-order valence-electron chi connectivity index (χ1n) is 10.0. The van der Waals surface area contributed by atoms with Crippen LogP contribution in [0.4, 0.5) is 8.78 Å². The molecule has 0 radical (unpaired) electrons. The van der Waals surface area contributed by atoms with Gasteiger partial charge in [0.1, 0.15) is 6.54 Å². The minimum absolute atomic E-state index is 0.0122. The lowest BCUT2D eigenvalue weighted by molar-refractivity contribution is -0.131. The second-order valence-corrected chi connectivity index (χ2v) is 7.50. The molecule has 0 atom stereocenters. The summed E-state index contributed by atoms with van der Waals surface area (Å²) in [6, 6.07) is 10.6. The van der Waals surface area contributed by atoms with Crippen molar-refractivity contribution in [2.75, 3.05) is 13.1 Å². The molecule has 1 fully saturated rings. The quantitative estimate of drug-likeness (QED) is 0.637. The van der Waals surface area contributed by atoms with Gasteiger partial charge >= 0.3 is 0 Å². The first-order chi connectivity index (χ1) is 14.0. The molecule has 4 rings (SSSR count). The molecule has 1 aromatic carbocycles. The number of pyridine rings is 1. The number of amides is 1. The number of aryl methyl sites for hydroxylation is 1. The molecule has 0 N–H and O–H groups in total. The average Bonchev–Trinajstić information content (AvgIpc) is 2.91. The number of benzene rings is 1. The van der Waals surface area contributed by atoms with Crippen LogP contribution in [-0.4, -0.2) is 38.7 Å². The van der Waals surface area contributed by atoms with Crippen LogP contribution in [0.3, 0.4) is 0 Å². The highest BCUT2D eigenvalue weighted by molar-refractivity contribution is 5.87. The van der Waals surface area contributed by atoms with Crippen LogP contribution in [0.25, 0.3) is 22.3 Å². The summed E-state index contributed by atoms with van der Waals surface area (Å²) in [7, 11) is 0. The summed E-state index contributed by atoms with van der Waals surface area (Å²) in [6.07, 6.45) is 1.61. The molecule has 0 bridgehead atoms. The molecule has 1 aliphatic heterocycles. The fourth-order valence-electron chi connectivity index (χ4n) is 3.97. The van der Waals surface area contributed by atoms with Gasteiger partial charge in [-0.1, -0.05) is 43.2 Å². The minimum atomic E-state index is -2.65. The Balaban J connectivity index is 1.76. The van der Waals surface area contributed by atoms with Gasteiger partial charge < -0.3 is 4.90 Å². The van der Waals surface area contributed by atoms with Crippen molar-refractivity contribution in [1.29, 1.82) is 0 Å². The fraction of sp³-hybridized carbons (Fsp3) is 0.409. The number of likely N-dealkylation sites (tertiary alicyclic amines) is 1. The number of fused-ring (bicyclic) bond motifs is 1. The number of hydrogen-bond donors (Lipinski definition) is 0. The maximum Gasteiger partial charge on any atom is 0.264 e. The smallest absolute Gasteiger partial charge is 0.264 e. The lowest BCUT2D eigenvalue weighted by atomic mass is 10.1. The average molecular weight is 398 g/mol. The van der Waals surface area contributed by atoms with Crippen molar-refractivity contribution in [2.24, 2.45) is 0 Å². The van der Waals surface area contributed by atoms with Crippen molar-refractivity contribution in [3.8, 4) is 11.3 Å². The Morgan fingerprint density at radius 2 is 1.79 bits per heavy atom.